The fourth-order valence-electron chi connectivity index (χ4n) is 2.77. The van der Waals surface area contributed by atoms with E-state index in [-0.39, 0.29) is 18.4 Å². The molecule has 0 spiro atoms. The summed E-state index contributed by atoms with van der Waals surface area (Å²) in [5.74, 6) is -0.379. The van der Waals surface area contributed by atoms with Crippen LogP contribution in [0.25, 0.3) is 0 Å². The predicted molar refractivity (Wildman–Crippen MR) is 96.8 cm³/mol. The van der Waals surface area contributed by atoms with Gasteiger partial charge in [0.2, 0.25) is 5.91 Å². The zero-order chi connectivity index (χ0) is 17.6. The van der Waals surface area contributed by atoms with E-state index in [1.165, 1.54) is 0 Å². The number of hydrogen-bond acceptors (Lipinski definition) is 4. The third kappa shape index (κ3) is 4.48. The fraction of sp³-hybridized carbons (Fsp3) is 0.278. The average Bonchev–Trinajstić information content (AvgIpc) is 2.66. The summed E-state index contributed by atoms with van der Waals surface area (Å²) in [7, 11) is 0. The quantitative estimate of drug-likeness (QED) is 0.905. The molecule has 0 atom stereocenters. The van der Waals surface area contributed by atoms with E-state index in [4.69, 9.17) is 11.6 Å². The Morgan fingerprint density at radius 1 is 1.08 bits per heavy atom. The smallest absolute Gasteiger partial charge is 0.251 e. The first kappa shape index (κ1) is 17.2. The molecule has 1 aliphatic heterocycles. The van der Waals surface area contributed by atoms with Crippen molar-refractivity contribution >= 4 is 29.1 Å². The van der Waals surface area contributed by atoms with Crippen LogP contribution in [-0.2, 0) is 4.79 Å². The van der Waals surface area contributed by atoms with Gasteiger partial charge in [0.15, 0.2) is 0 Å². The molecule has 1 N–H and O–H groups in total. The number of carbonyl (C=O) groups excluding carboxylic acids is 2. The Labute approximate surface area is 151 Å². The number of amides is 2. The first-order chi connectivity index (χ1) is 12.1. The SMILES string of the molecule is O=C(NCC(=O)N1CCN(c2ccncc2)CC1)c1cccc(Cl)c1. The Balaban J connectivity index is 1.47. The van der Waals surface area contributed by atoms with Gasteiger partial charge in [-0.3, -0.25) is 14.6 Å². The molecule has 2 aromatic rings. The van der Waals surface area contributed by atoms with Crippen LogP contribution in [0.3, 0.4) is 0 Å². The van der Waals surface area contributed by atoms with Gasteiger partial charge in [0.05, 0.1) is 6.54 Å². The van der Waals surface area contributed by atoms with Gasteiger partial charge in [-0.05, 0) is 30.3 Å². The van der Waals surface area contributed by atoms with Crippen LogP contribution in [-0.4, -0.2) is 54.4 Å². The highest BCUT2D eigenvalue weighted by molar-refractivity contribution is 6.30. The second kappa shape index (κ2) is 7.98. The zero-order valence-corrected chi connectivity index (χ0v) is 14.4. The lowest BCUT2D eigenvalue weighted by atomic mass is 10.2. The van der Waals surface area contributed by atoms with Crippen LogP contribution < -0.4 is 10.2 Å². The Kier molecular flexibility index (Phi) is 5.50. The first-order valence-electron chi connectivity index (χ1n) is 8.10. The molecule has 1 aromatic heterocycles. The molecule has 130 valence electrons. The fourth-order valence-corrected chi connectivity index (χ4v) is 2.96. The van der Waals surface area contributed by atoms with Gasteiger partial charge in [-0.25, -0.2) is 0 Å². The van der Waals surface area contributed by atoms with E-state index in [9.17, 15) is 9.59 Å². The minimum atomic E-state index is -0.300. The van der Waals surface area contributed by atoms with E-state index in [0.29, 0.717) is 23.7 Å². The van der Waals surface area contributed by atoms with Crippen LogP contribution in [0.15, 0.2) is 48.8 Å². The van der Waals surface area contributed by atoms with Gasteiger partial charge >= 0.3 is 0 Å². The van der Waals surface area contributed by atoms with Crippen LogP contribution in [0, 0.1) is 0 Å². The molecule has 1 aromatic carbocycles. The van der Waals surface area contributed by atoms with E-state index in [1.54, 1.807) is 41.6 Å². The molecule has 0 bridgehead atoms. The Morgan fingerprint density at radius 2 is 1.80 bits per heavy atom. The summed E-state index contributed by atoms with van der Waals surface area (Å²) in [5.41, 5.74) is 1.55. The number of nitrogens with zero attached hydrogens (tertiary/aromatic N) is 3. The van der Waals surface area contributed by atoms with Crippen molar-refractivity contribution in [2.75, 3.05) is 37.6 Å². The molecule has 2 amide bonds. The lowest BCUT2D eigenvalue weighted by Crippen LogP contribution is -2.51. The maximum Gasteiger partial charge on any atom is 0.251 e. The Bertz CT molecular complexity index is 746. The van der Waals surface area contributed by atoms with E-state index >= 15 is 0 Å². The maximum atomic E-state index is 12.3. The molecule has 25 heavy (non-hydrogen) atoms. The topological polar surface area (TPSA) is 65.5 Å². The summed E-state index contributed by atoms with van der Waals surface area (Å²) >= 11 is 5.87. The molecule has 3 rings (SSSR count). The number of anilines is 1. The van der Waals surface area contributed by atoms with E-state index in [1.807, 2.05) is 12.1 Å². The van der Waals surface area contributed by atoms with Gasteiger partial charge in [0.1, 0.15) is 0 Å². The van der Waals surface area contributed by atoms with Crippen LogP contribution in [0.2, 0.25) is 5.02 Å². The van der Waals surface area contributed by atoms with E-state index in [2.05, 4.69) is 15.2 Å². The number of hydrogen-bond donors (Lipinski definition) is 1. The van der Waals surface area contributed by atoms with E-state index in [0.717, 1.165) is 18.8 Å². The van der Waals surface area contributed by atoms with E-state index < -0.39 is 0 Å². The van der Waals surface area contributed by atoms with Crippen molar-refractivity contribution in [3.05, 3.63) is 59.4 Å². The molecule has 7 heteroatoms. The summed E-state index contributed by atoms with van der Waals surface area (Å²) in [6, 6.07) is 10.6. The molecule has 1 saturated heterocycles. The lowest BCUT2D eigenvalue weighted by molar-refractivity contribution is -0.130. The van der Waals surface area contributed by atoms with Gasteiger partial charge in [-0.1, -0.05) is 17.7 Å². The highest BCUT2D eigenvalue weighted by Gasteiger charge is 2.21. The van der Waals surface area contributed by atoms with Crippen molar-refractivity contribution in [1.82, 2.24) is 15.2 Å². The molecule has 0 aliphatic carbocycles. The first-order valence-corrected chi connectivity index (χ1v) is 8.48. The molecule has 2 heterocycles. The molecule has 1 fully saturated rings. The summed E-state index contributed by atoms with van der Waals surface area (Å²) in [5, 5.41) is 3.15. The van der Waals surface area contributed by atoms with Crippen molar-refractivity contribution in [3.8, 4) is 0 Å². The van der Waals surface area contributed by atoms with Gasteiger partial charge in [-0.15, -0.1) is 0 Å². The monoisotopic (exact) mass is 358 g/mol. The minimum absolute atomic E-state index is 0.0133. The number of rotatable bonds is 4. The van der Waals surface area contributed by atoms with Crippen LogP contribution in [0.5, 0.6) is 0 Å². The molecule has 0 radical (unpaired) electrons. The predicted octanol–water partition coefficient (Wildman–Crippen LogP) is 1.81. The van der Waals surface area contributed by atoms with Gasteiger partial charge < -0.3 is 15.1 Å². The number of aromatic nitrogens is 1. The molecular formula is C18H19ClN4O2. The standard InChI is InChI=1S/C18H19ClN4O2/c19-15-3-1-2-14(12-15)18(25)21-13-17(24)23-10-8-22(9-11-23)16-4-6-20-7-5-16/h1-7,12H,8-11,13H2,(H,21,25). The van der Waals surface area contributed by atoms with Crippen molar-refractivity contribution in [1.29, 1.82) is 0 Å². The highest BCUT2D eigenvalue weighted by Crippen LogP contribution is 2.15. The number of carbonyl (C=O) groups is 2. The Morgan fingerprint density at radius 3 is 2.48 bits per heavy atom. The van der Waals surface area contributed by atoms with Crippen LogP contribution in [0.1, 0.15) is 10.4 Å². The summed E-state index contributed by atoms with van der Waals surface area (Å²) < 4.78 is 0. The minimum Gasteiger partial charge on any atom is -0.368 e. The van der Waals surface area contributed by atoms with Crippen molar-refractivity contribution in [3.63, 3.8) is 0 Å². The molecule has 6 nitrogen and oxygen atoms in total. The Hall–Kier alpha value is -2.60. The zero-order valence-electron chi connectivity index (χ0n) is 13.7. The molecular weight excluding hydrogens is 340 g/mol. The van der Waals surface area contributed by atoms with Crippen LogP contribution in [0.4, 0.5) is 5.69 Å². The number of benzene rings is 1. The molecule has 0 saturated carbocycles. The van der Waals surface area contributed by atoms with Gasteiger partial charge in [0, 0.05) is 54.8 Å². The normalized spacial score (nSPS) is 14.3. The number of nitrogens with one attached hydrogen (secondary N) is 1. The summed E-state index contributed by atoms with van der Waals surface area (Å²) in [4.78, 5) is 32.4. The third-order valence-corrected chi connectivity index (χ3v) is 4.38. The summed E-state index contributed by atoms with van der Waals surface area (Å²) in [6.07, 6.45) is 3.52. The molecule has 1 aliphatic rings. The highest BCUT2D eigenvalue weighted by atomic mass is 35.5. The third-order valence-electron chi connectivity index (χ3n) is 4.15. The van der Waals surface area contributed by atoms with Gasteiger partial charge in [-0.2, -0.15) is 0 Å². The van der Waals surface area contributed by atoms with Gasteiger partial charge in [0.25, 0.3) is 5.91 Å². The average molecular weight is 359 g/mol. The summed E-state index contributed by atoms with van der Waals surface area (Å²) in [6.45, 7) is 2.78. The number of pyridine rings is 1. The maximum absolute atomic E-state index is 12.3. The second-order valence-corrected chi connectivity index (χ2v) is 6.20. The number of piperazine rings is 1. The van der Waals surface area contributed by atoms with Crippen LogP contribution >= 0.6 is 11.6 Å². The number of halogens is 1. The molecule has 0 unspecified atom stereocenters. The van der Waals surface area contributed by atoms with Crippen molar-refractivity contribution < 1.29 is 9.59 Å². The van der Waals surface area contributed by atoms with Crippen molar-refractivity contribution in [2.24, 2.45) is 0 Å². The lowest BCUT2D eigenvalue weighted by Gasteiger charge is -2.36. The second-order valence-electron chi connectivity index (χ2n) is 5.77. The largest absolute Gasteiger partial charge is 0.368 e. The van der Waals surface area contributed by atoms with Crippen molar-refractivity contribution in [2.45, 2.75) is 0 Å².